The minimum Gasteiger partial charge on any atom is -0.232 e. The molecular formula is C10H10ClN3S. The molecule has 15 heavy (non-hydrogen) atoms. The fourth-order valence-corrected chi connectivity index (χ4v) is 3.20. The summed E-state index contributed by atoms with van der Waals surface area (Å²) in [6, 6.07) is 2.01. The largest absolute Gasteiger partial charge is 0.232 e. The summed E-state index contributed by atoms with van der Waals surface area (Å²) in [5.74, 6) is 1.93. The molecule has 0 bridgehead atoms. The van der Waals surface area contributed by atoms with Gasteiger partial charge in [-0.3, -0.25) is 0 Å². The minimum absolute atomic E-state index is 0.736. The molecule has 5 heteroatoms. The van der Waals surface area contributed by atoms with Crippen LogP contribution in [-0.4, -0.2) is 14.6 Å². The predicted molar refractivity (Wildman–Crippen MR) is 62.4 cm³/mol. The van der Waals surface area contributed by atoms with Crippen molar-refractivity contribution in [1.29, 1.82) is 0 Å². The summed E-state index contributed by atoms with van der Waals surface area (Å²) in [5.41, 5.74) is 4.19. The Morgan fingerprint density at radius 1 is 1.53 bits per heavy atom. The number of thioether (sulfide) groups is 1. The monoisotopic (exact) mass is 239 g/mol. The van der Waals surface area contributed by atoms with Crippen LogP contribution < -0.4 is 0 Å². The second kappa shape index (κ2) is 3.39. The Bertz CT molecular complexity index is 535. The highest BCUT2D eigenvalue weighted by Crippen LogP contribution is 2.33. The van der Waals surface area contributed by atoms with Crippen molar-refractivity contribution in [2.75, 3.05) is 0 Å². The van der Waals surface area contributed by atoms with E-state index in [1.807, 2.05) is 17.8 Å². The van der Waals surface area contributed by atoms with E-state index in [-0.39, 0.29) is 0 Å². The lowest BCUT2D eigenvalue weighted by Crippen LogP contribution is -1.99. The summed E-state index contributed by atoms with van der Waals surface area (Å²) in [5, 5.41) is 5.16. The Kier molecular flexibility index (Phi) is 2.14. The molecule has 0 amide bonds. The van der Waals surface area contributed by atoms with Crippen LogP contribution in [0.3, 0.4) is 0 Å². The zero-order chi connectivity index (χ0) is 10.4. The molecule has 3 heterocycles. The molecule has 0 saturated carbocycles. The summed E-state index contributed by atoms with van der Waals surface area (Å²) in [4.78, 5) is 4.58. The molecular weight excluding hydrogens is 230 g/mol. The van der Waals surface area contributed by atoms with Crippen molar-refractivity contribution in [2.24, 2.45) is 0 Å². The highest BCUT2D eigenvalue weighted by atomic mass is 35.5. The summed E-state index contributed by atoms with van der Waals surface area (Å²) < 4.78 is 1.76. The van der Waals surface area contributed by atoms with Gasteiger partial charge in [0.05, 0.1) is 11.4 Å². The molecule has 3 nitrogen and oxygen atoms in total. The average molecular weight is 240 g/mol. The van der Waals surface area contributed by atoms with Crippen molar-refractivity contribution >= 4 is 29.0 Å². The Balaban J connectivity index is 2.33. The third-order valence-corrected chi connectivity index (χ3v) is 3.98. The number of nitrogens with zero attached hydrogens (tertiary/aromatic N) is 3. The number of hydrogen-bond acceptors (Lipinski definition) is 3. The van der Waals surface area contributed by atoms with Crippen LogP contribution in [0.15, 0.2) is 6.07 Å². The van der Waals surface area contributed by atoms with E-state index in [9.17, 15) is 0 Å². The molecule has 0 N–H and O–H groups in total. The molecule has 0 spiro atoms. The average Bonchev–Trinajstić information content (AvgIpc) is 2.83. The van der Waals surface area contributed by atoms with Gasteiger partial charge in [-0.2, -0.15) is 16.9 Å². The van der Waals surface area contributed by atoms with Crippen molar-refractivity contribution in [3.8, 4) is 0 Å². The quantitative estimate of drug-likeness (QED) is 0.717. The van der Waals surface area contributed by atoms with E-state index in [0.29, 0.717) is 0 Å². The second-order valence-corrected chi connectivity index (χ2v) is 4.92. The van der Waals surface area contributed by atoms with Gasteiger partial charge < -0.3 is 0 Å². The summed E-state index contributed by atoms with van der Waals surface area (Å²) >= 11 is 8.16. The van der Waals surface area contributed by atoms with Crippen LogP contribution >= 0.6 is 23.4 Å². The van der Waals surface area contributed by atoms with Crippen LogP contribution in [0, 0.1) is 0 Å². The molecule has 3 rings (SSSR count). The number of rotatable bonds is 1. The fourth-order valence-electron chi connectivity index (χ4n) is 1.78. The van der Waals surface area contributed by atoms with Gasteiger partial charge in [-0.15, -0.1) is 0 Å². The first-order chi connectivity index (χ1) is 7.29. The number of fused-ring (bicyclic) bond motifs is 2. The molecule has 0 fully saturated rings. The maximum absolute atomic E-state index is 6.30. The van der Waals surface area contributed by atoms with Gasteiger partial charge in [-0.25, -0.2) is 9.50 Å². The van der Waals surface area contributed by atoms with Crippen molar-refractivity contribution in [3.05, 3.63) is 28.2 Å². The van der Waals surface area contributed by atoms with Crippen LogP contribution in [0.1, 0.15) is 23.9 Å². The van der Waals surface area contributed by atoms with Crippen LogP contribution in [0.25, 0.3) is 5.65 Å². The van der Waals surface area contributed by atoms with Crippen molar-refractivity contribution in [2.45, 2.75) is 24.9 Å². The van der Waals surface area contributed by atoms with Gasteiger partial charge in [0.1, 0.15) is 5.15 Å². The zero-order valence-electron chi connectivity index (χ0n) is 8.33. The maximum Gasteiger partial charge on any atom is 0.157 e. The lowest BCUT2D eigenvalue weighted by Gasteiger charge is -2.02. The lowest BCUT2D eigenvalue weighted by atomic mass is 10.3. The second-order valence-electron chi connectivity index (χ2n) is 3.58. The Morgan fingerprint density at radius 2 is 2.40 bits per heavy atom. The molecule has 1 aliphatic heterocycles. The molecule has 78 valence electrons. The predicted octanol–water partition coefficient (Wildman–Crippen LogP) is 2.69. The van der Waals surface area contributed by atoms with Crippen LogP contribution in [0.2, 0.25) is 5.15 Å². The molecule has 2 aromatic heterocycles. The van der Waals surface area contributed by atoms with Crippen LogP contribution in [0.5, 0.6) is 0 Å². The molecule has 0 saturated heterocycles. The summed E-state index contributed by atoms with van der Waals surface area (Å²) in [7, 11) is 0. The fraction of sp³-hybridized carbons (Fsp3) is 0.400. The van der Waals surface area contributed by atoms with E-state index in [2.05, 4.69) is 17.0 Å². The van der Waals surface area contributed by atoms with E-state index in [1.165, 1.54) is 0 Å². The molecule has 1 aliphatic rings. The SMILES string of the molecule is CCc1cc2nc3c(c(Cl)n2n1)CSC3. The van der Waals surface area contributed by atoms with Crippen molar-refractivity contribution in [1.82, 2.24) is 14.6 Å². The normalized spacial score (nSPS) is 14.8. The topological polar surface area (TPSA) is 30.2 Å². The first-order valence-electron chi connectivity index (χ1n) is 4.93. The van der Waals surface area contributed by atoms with Gasteiger partial charge in [0.25, 0.3) is 0 Å². The Labute approximate surface area is 96.8 Å². The third kappa shape index (κ3) is 1.35. The minimum atomic E-state index is 0.736. The Hall–Kier alpha value is -0.740. The number of hydrogen-bond donors (Lipinski definition) is 0. The van der Waals surface area contributed by atoms with Gasteiger partial charge >= 0.3 is 0 Å². The first-order valence-corrected chi connectivity index (χ1v) is 6.46. The number of aryl methyl sites for hydroxylation is 1. The highest BCUT2D eigenvalue weighted by molar-refractivity contribution is 7.98. The van der Waals surface area contributed by atoms with Crippen LogP contribution in [-0.2, 0) is 17.9 Å². The van der Waals surface area contributed by atoms with Crippen molar-refractivity contribution < 1.29 is 0 Å². The smallest absolute Gasteiger partial charge is 0.157 e. The molecule has 0 unspecified atom stereocenters. The van der Waals surface area contributed by atoms with Crippen LogP contribution in [0.4, 0.5) is 0 Å². The van der Waals surface area contributed by atoms with E-state index in [4.69, 9.17) is 11.6 Å². The standard InChI is InChI=1S/C10H10ClN3S/c1-2-6-3-9-12-8-5-15-4-7(8)10(11)14(9)13-6/h3H,2,4-5H2,1H3. The van der Waals surface area contributed by atoms with Gasteiger partial charge in [0.15, 0.2) is 5.65 Å². The number of halogens is 1. The van der Waals surface area contributed by atoms with E-state index >= 15 is 0 Å². The molecule has 0 aromatic carbocycles. The maximum atomic E-state index is 6.30. The third-order valence-electron chi connectivity index (χ3n) is 2.62. The van der Waals surface area contributed by atoms with E-state index < -0.39 is 0 Å². The van der Waals surface area contributed by atoms with Gasteiger partial charge in [0.2, 0.25) is 0 Å². The molecule has 0 aliphatic carbocycles. The molecule has 0 atom stereocenters. The molecule has 0 radical (unpaired) electrons. The van der Waals surface area contributed by atoms with Gasteiger partial charge in [-0.1, -0.05) is 18.5 Å². The lowest BCUT2D eigenvalue weighted by molar-refractivity contribution is 0.874. The van der Waals surface area contributed by atoms with Crippen molar-refractivity contribution in [3.63, 3.8) is 0 Å². The van der Waals surface area contributed by atoms with E-state index in [0.717, 1.165) is 45.7 Å². The van der Waals surface area contributed by atoms with Gasteiger partial charge in [0, 0.05) is 23.1 Å². The molecule has 2 aromatic rings. The number of aromatic nitrogens is 3. The van der Waals surface area contributed by atoms with Gasteiger partial charge in [-0.05, 0) is 6.42 Å². The summed E-state index contributed by atoms with van der Waals surface area (Å²) in [6.45, 7) is 2.08. The highest BCUT2D eigenvalue weighted by Gasteiger charge is 2.19. The summed E-state index contributed by atoms with van der Waals surface area (Å²) in [6.07, 6.45) is 0.916. The Morgan fingerprint density at radius 3 is 3.20 bits per heavy atom. The first kappa shape index (κ1) is 9.48. The van der Waals surface area contributed by atoms with E-state index in [1.54, 1.807) is 4.52 Å². The zero-order valence-corrected chi connectivity index (χ0v) is 9.90.